The molecule has 0 spiro atoms. The summed E-state index contributed by atoms with van der Waals surface area (Å²) in [6.45, 7) is 3.36. The summed E-state index contributed by atoms with van der Waals surface area (Å²) >= 11 is 0. The van der Waals surface area contributed by atoms with Gasteiger partial charge >= 0.3 is 13.9 Å². The summed E-state index contributed by atoms with van der Waals surface area (Å²) in [4.78, 5) is 26.5. The first-order chi connectivity index (χ1) is 4.95. The van der Waals surface area contributed by atoms with Crippen molar-refractivity contribution in [3.63, 3.8) is 0 Å². The molecule has 0 saturated heterocycles. The van der Waals surface area contributed by atoms with E-state index in [1.54, 1.807) is 0 Å². The van der Waals surface area contributed by atoms with Crippen molar-refractivity contribution in [1.29, 1.82) is 0 Å². The fourth-order valence-corrected chi connectivity index (χ4v) is 0.576. The van der Waals surface area contributed by atoms with Gasteiger partial charge in [-0.05, 0) is 0 Å². The first-order valence-corrected chi connectivity index (χ1v) is 4.12. The Bertz CT molecular complexity index is 197. The van der Waals surface area contributed by atoms with E-state index in [2.05, 4.69) is 11.1 Å². The minimum absolute atomic E-state index is 0.0961. The topological polar surface area (TPSA) is 95.9 Å². The van der Waals surface area contributed by atoms with Crippen LogP contribution in [0.3, 0.4) is 0 Å². The van der Waals surface area contributed by atoms with Crippen molar-refractivity contribution in [2.75, 3.05) is 6.54 Å². The number of phosphoric ester groups is 1. The summed E-state index contributed by atoms with van der Waals surface area (Å²) < 4.78 is 13.6. The van der Waals surface area contributed by atoms with Crippen molar-refractivity contribution in [3.05, 3.63) is 12.7 Å². The van der Waals surface area contributed by atoms with E-state index in [1.807, 2.05) is 5.32 Å². The number of rotatable bonds is 3. The van der Waals surface area contributed by atoms with Crippen molar-refractivity contribution < 1.29 is 23.7 Å². The fraction of sp³-hybridized carbons (Fsp3) is 0.250. The van der Waals surface area contributed by atoms with Crippen LogP contribution in [-0.2, 0) is 9.09 Å². The molecular weight excluding hydrogens is 173 g/mol. The Kier molecular flexibility index (Phi) is 3.81. The van der Waals surface area contributed by atoms with E-state index >= 15 is 0 Å². The highest BCUT2D eigenvalue weighted by Crippen LogP contribution is 2.35. The predicted octanol–water partition coefficient (Wildman–Crippen LogP) is -0.00870. The molecule has 7 heteroatoms. The lowest BCUT2D eigenvalue weighted by Gasteiger charge is -2.04. The Morgan fingerprint density at radius 1 is 1.73 bits per heavy atom. The minimum atomic E-state index is -4.71. The van der Waals surface area contributed by atoms with Gasteiger partial charge < -0.3 is 9.84 Å². The second-order valence-electron chi connectivity index (χ2n) is 1.54. The smallest absolute Gasteiger partial charge is 0.354 e. The van der Waals surface area contributed by atoms with E-state index in [0.717, 1.165) is 0 Å². The number of nitrogens with one attached hydrogen (secondary N) is 1. The molecule has 0 saturated carbocycles. The molecule has 0 aliphatic carbocycles. The van der Waals surface area contributed by atoms with E-state index < -0.39 is 13.9 Å². The highest BCUT2D eigenvalue weighted by molar-refractivity contribution is 7.46. The molecule has 0 radical (unpaired) electrons. The van der Waals surface area contributed by atoms with Gasteiger partial charge in [0.1, 0.15) is 0 Å². The quantitative estimate of drug-likeness (QED) is 0.420. The van der Waals surface area contributed by atoms with Gasteiger partial charge in [-0.25, -0.2) is 9.36 Å². The molecule has 0 unspecified atom stereocenters. The lowest BCUT2D eigenvalue weighted by atomic mass is 10.6. The van der Waals surface area contributed by atoms with Gasteiger partial charge in [-0.15, -0.1) is 6.58 Å². The summed E-state index contributed by atoms with van der Waals surface area (Å²) in [5.74, 6) is 0. The SMILES string of the molecule is C=CCNC(=O)OP(=O)(O)O. The molecule has 3 N–H and O–H groups in total. The van der Waals surface area contributed by atoms with Crippen LogP contribution >= 0.6 is 7.82 Å². The Labute approximate surface area is 63.1 Å². The van der Waals surface area contributed by atoms with Gasteiger partial charge in [0, 0.05) is 6.54 Å². The zero-order valence-corrected chi connectivity index (χ0v) is 6.45. The Balaban J connectivity index is 3.70. The van der Waals surface area contributed by atoms with E-state index in [0.29, 0.717) is 0 Å². The zero-order chi connectivity index (χ0) is 8.91. The molecule has 0 atom stereocenters. The van der Waals surface area contributed by atoms with E-state index in [4.69, 9.17) is 9.79 Å². The van der Waals surface area contributed by atoms with E-state index in [-0.39, 0.29) is 6.54 Å². The molecule has 0 aliphatic heterocycles. The standard InChI is InChI=1S/C4H8NO5P/c1-2-3-5-4(6)10-11(7,8)9/h2H,1,3H2,(H,5,6)(H2,7,8,9). The van der Waals surface area contributed by atoms with Crippen LogP contribution in [-0.4, -0.2) is 22.4 Å². The van der Waals surface area contributed by atoms with Gasteiger partial charge in [0.05, 0.1) is 0 Å². The van der Waals surface area contributed by atoms with Crippen molar-refractivity contribution in [2.24, 2.45) is 0 Å². The van der Waals surface area contributed by atoms with Gasteiger partial charge in [0.25, 0.3) is 0 Å². The molecule has 0 fully saturated rings. The zero-order valence-electron chi connectivity index (χ0n) is 5.56. The van der Waals surface area contributed by atoms with Gasteiger partial charge in [-0.2, -0.15) is 0 Å². The molecule has 0 aromatic carbocycles. The maximum atomic E-state index is 10.3. The van der Waals surface area contributed by atoms with Crippen molar-refractivity contribution in [3.8, 4) is 0 Å². The van der Waals surface area contributed by atoms with Crippen LogP contribution in [0, 0.1) is 0 Å². The molecule has 1 amide bonds. The highest BCUT2D eigenvalue weighted by Gasteiger charge is 2.19. The van der Waals surface area contributed by atoms with Crippen molar-refractivity contribution in [2.45, 2.75) is 0 Å². The number of hydrogen-bond acceptors (Lipinski definition) is 3. The molecule has 0 aromatic heterocycles. The summed E-state index contributed by atoms with van der Waals surface area (Å²) in [6.07, 6.45) is 0.180. The Morgan fingerprint density at radius 2 is 2.27 bits per heavy atom. The number of hydrogen-bond donors (Lipinski definition) is 3. The number of carbonyl (C=O) groups excluding carboxylic acids is 1. The van der Waals surface area contributed by atoms with Gasteiger partial charge in [0.2, 0.25) is 0 Å². The van der Waals surface area contributed by atoms with Crippen molar-refractivity contribution >= 4 is 13.9 Å². The van der Waals surface area contributed by atoms with Crippen LogP contribution < -0.4 is 5.32 Å². The monoisotopic (exact) mass is 181 g/mol. The number of amides is 1. The fourth-order valence-electron chi connectivity index (χ4n) is 0.296. The molecule has 0 heterocycles. The predicted molar refractivity (Wildman–Crippen MR) is 36.7 cm³/mol. The summed E-state index contributed by atoms with van der Waals surface area (Å²) in [7, 11) is -4.71. The van der Waals surface area contributed by atoms with E-state index in [9.17, 15) is 9.36 Å². The molecule has 11 heavy (non-hydrogen) atoms. The van der Waals surface area contributed by atoms with Gasteiger partial charge in [0.15, 0.2) is 0 Å². The number of carbonyl (C=O) groups is 1. The van der Waals surface area contributed by atoms with Crippen LogP contribution in [0.1, 0.15) is 0 Å². The molecule has 0 bridgehead atoms. The molecule has 0 aliphatic rings. The van der Waals surface area contributed by atoms with Gasteiger partial charge in [-0.1, -0.05) is 6.08 Å². The maximum absolute atomic E-state index is 10.3. The Hall–Kier alpha value is -0.840. The van der Waals surface area contributed by atoms with E-state index in [1.165, 1.54) is 6.08 Å². The maximum Gasteiger partial charge on any atom is 0.528 e. The van der Waals surface area contributed by atoms with Crippen LogP contribution in [0.2, 0.25) is 0 Å². The molecular formula is C4H8NO5P. The normalized spacial score (nSPS) is 10.4. The van der Waals surface area contributed by atoms with Crippen LogP contribution in [0.4, 0.5) is 4.79 Å². The first kappa shape index (κ1) is 10.2. The molecule has 64 valence electrons. The van der Waals surface area contributed by atoms with Crippen molar-refractivity contribution in [1.82, 2.24) is 5.32 Å². The van der Waals surface area contributed by atoms with Crippen LogP contribution in [0.25, 0.3) is 0 Å². The summed E-state index contributed by atoms with van der Waals surface area (Å²) in [5.41, 5.74) is 0. The third-order valence-electron chi connectivity index (χ3n) is 0.593. The van der Waals surface area contributed by atoms with Gasteiger partial charge in [-0.3, -0.25) is 9.79 Å². The lowest BCUT2D eigenvalue weighted by molar-refractivity contribution is 0.177. The second kappa shape index (κ2) is 4.12. The molecule has 6 nitrogen and oxygen atoms in total. The second-order valence-corrected chi connectivity index (χ2v) is 2.70. The van der Waals surface area contributed by atoms with Crippen LogP contribution in [0.5, 0.6) is 0 Å². The Morgan fingerprint density at radius 3 is 2.64 bits per heavy atom. The summed E-state index contributed by atoms with van der Waals surface area (Å²) in [6, 6.07) is 0. The molecule has 0 rings (SSSR count). The average molecular weight is 181 g/mol. The first-order valence-electron chi connectivity index (χ1n) is 2.59. The van der Waals surface area contributed by atoms with Crippen LogP contribution in [0.15, 0.2) is 12.7 Å². The minimum Gasteiger partial charge on any atom is -0.354 e. The number of phosphoric acid groups is 1. The third-order valence-corrected chi connectivity index (χ3v) is 0.996. The highest BCUT2D eigenvalue weighted by atomic mass is 31.2. The molecule has 0 aromatic rings. The third kappa shape index (κ3) is 7.05. The lowest BCUT2D eigenvalue weighted by Crippen LogP contribution is -2.23. The summed E-state index contributed by atoms with van der Waals surface area (Å²) in [5, 5.41) is 2.02. The largest absolute Gasteiger partial charge is 0.528 e. The average Bonchev–Trinajstić information content (AvgIpc) is 1.79.